The molecule has 0 aromatic carbocycles. The Bertz CT molecular complexity index is 315. The lowest BCUT2D eigenvalue weighted by Crippen LogP contribution is -2.21. The van der Waals surface area contributed by atoms with Crippen molar-refractivity contribution in [1.29, 1.82) is 0 Å². The number of carboxylic acid groups (broad SMARTS) is 1. The van der Waals surface area contributed by atoms with Crippen LogP contribution in [-0.2, 0) is 4.79 Å². The van der Waals surface area contributed by atoms with Gasteiger partial charge in [-0.3, -0.25) is 4.79 Å². The molecule has 1 aliphatic heterocycles. The van der Waals surface area contributed by atoms with E-state index >= 15 is 0 Å². The maximum atomic E-state index is 10.6. The molecule has 1 saturated heterocycles. The van der Waals surface area contributed by atoms with Gasteiger partial charge in [0.05, 0.1) is 0 Å². The molecule has 0 aromatic heterocycles. The van der Waals surface area contributed by atoms with Crippen molar-refractivity contribution in [2.75, 3.05) is 5.75 Å². The summed E-state index contributed by atoms with van der Waals surface area (Å²) in [6, 6.07) is 0. The Labute approximate surface area is 157 Å². The molecule has 0 spiro atoms. The summed E-state index contributed by atoms with van der Waals surface area (Å²) in [6.45, 7) is 2.28. The fourth-order valence-electron chi connectivity index (χ4n) is 3.55. The highest BCUT2D eigenvalue weighted by Gasteiger charge is 2.34. The van der Waals surface area contributed by atoms with Crippen LogP contribution in [0, 0.1) is 0 Å². The van der Waals surface area contributed by atoms with Gasteiger partial charge < -0.3 is 5.11 Å². The Morgan fingerprint density at radius 2 is 1.42 bits per heavy atom. The Hall–Kier alpha value is 0.170. The van der Waals surface area contributed by atoms with Gasteiger partial charge in [-0.15, -0.1) is 0 Å². The van der Waals surface area contributed by atoms with Crippen LogP contribution in [0.1, 0.15) is 110 Å². The summed E-state index contributed by atoms with van der Waals surface area (Å²) in [6.07, 6.45) is 20.2. The standard InChI is InChI=1S/C20H38O2S2/c1-2-3-4-5-6-7-8-9-10-12-15-20(17-18-23-24-20)16-13-11-14-19(21)22/h2-18H2,1H3,(H,21,22). The monoisotopic (exact) mass is 374 g/mol. The van der Waals surface area contributed by atoms with Crippen LogP contribution < -0.4 is 0 Å². The van der Waals surface area contributed by atoms with E-state index in [1.54, 1.807) is 0 Å². The number of rotatable bonds is 16. The summed E-state index contributed by atoms with van der Waals surface area (Å²) in [7, 11) is 4.12. The van der Waals surface area contributed by atoms with Crippen LogP contribution >= 0.6 is 21.6 Å². The van der Waals surface area contributed by atoms with Crippen LogP contribution in [0.4, 0.5) is 0 Å². The first-order valence-corrected chi connectivity index (χ1v) is 12.5. The summed E-state index contributed by atoms with van der Waals surface area (Å²) in [5.41, 5.74) is 0. The molecular weight excluding hydrogens is 336 g/mol. The van der Waals surface area contributed by atoms with Crippen molar-refractivity contribution in [1.82, 2.24) is 0 Å². The van der Waals surface area contributed by atoms with Gasteiger partial charge in [-0.2, -0.15) is 0 Å². The molecule has 0 amide bonds. The molecule has 1 unspecified atom stereocenters. The summed E-state index contributed by atoms with van der Waals surface area (Å²) < 4.78 is 0.462. The molecule has 1 fully saturated rings. The van der Waals surface area contributed by atoms with Gasteiger partial charge in [-0.25, -0.2) is 0 Å². The Balaban J connectivity index is 2.02. The highest BCUT2D eigenvalue weighted by atomic mass is 33.1. The molecule has 1 aliphatic rings. The van der Waals surface area contributed by atoms with Gasteiger partial charge in [0.2, 0.25) is 0 Å². The fraction of sp³-hybridized carbons (Fsp3) is 0.950. The number of carboxylic acids is 1. The molecule has 24 heavy (non-hydrogen) atoms. The van der Waals surface area contributed by atoms with Crippen molar-refractivity contribution in [2.24, 2.45) is 0 Å². The van der Waals surface area contributed by atoms with Crippen molar-refractivity contribution in [3.05, 3.63) is 0 Å². The molecular formula is C20H38O2S2. The van der Waals surface area contributed by atoms with Gasteiger partial charge in [-0.1, -0.05) is 99.1 Å². The largest absolute Gasteiger partial charge is 0.481 e. The second kappa shape index (κ2) is 14.4. The number of hydrogen-bond acceptors (Lipinski definition) is 3. The molecule has 0 radical (unpaired) electrons. The lowest BCUT2D eigenvalue weighted by atomic mass is 9.91. The first-order valence-electron chi connectivity index (χ1n) is 10.2. The Kier molecular flexibility index (Phi) is 13.3. The van der Waals surface area contributed by atoms with Gasteiger partial charge >= 0.3 is 5.97 Å². The third-order valence-electron chi connectivity index (χ3n) is 5.14. The zero-order chi connectivity index (χ0) is 17.5. The number of hydrogen-bond donors (Lipinski definition) is 1. The quantitative estimate of drug-likeness (QED) is 0.224. The van der Waals surface area contributed by atoms with Gasteiger partial charge in [0, 0.05) is 16.9 Å². The molecule has 2 nitrogen and oxygen atoms in total. The maximum Gasteiger partial charge on any atom is 0.303 e. The SMILES string of the molecule is CCCCCCCCCCCCC1(CCCCC(=O)O)CCSS1. The predicted octanol–water partition coefficient (Wildman–Crippen LogP) is 7.47. The normalized spacial score (nSPS) is 20.5. The van der Waals surface area contributed by atoms with Gasteiger partial charge in [0.25, 0.3) is 0 Å². The Morgan fingerprint density at radius 3 is 1.92 bits per heavy atom. The zero-order valence-electron chi connectivity index (χ0n) is 15.7. The molecule has 1 N–H and O–H groups in total. The van der Waals surface area contributed by atoms with Crippen molar-refractivity contribution >= 4 is 27.6 Å². The Morgan fingerprint density at radius 1 is 0.875 bits per heavy atom. The highest BCUT2D eigenvalue weighted by molar-refractivity contribution is 8.77. The number of unbranched alkanes of at least 4 members (excludes halogenated alkanes) is 10. The van der Waals surface area contributed by atoms with Crippen LogP contribution in [0.25, 0.3) is 0 Å². The maximum absolute atomic E-state index is 10.6. The van der Waals surface area contributed by atoms with Gasteiger partial charge in [0.1, 0.15) is 0 Å². The predicted molar refractivity (Wildman–Crippen MR) is 110 cm³/mol. The van der Waals surface area contributed by atoms with E-state index in [4.69, 9.17) is 5.11 Å². The average Bonchev–Trinajstić information content (AvgIpc) is 3.02. The summed E-state index contributed by atoms with van der Waals surface area (Å²) >= 11 is 0. The fourth-order valence-corrected chi connectivity index (χ4v) is 7.13. The summed E-state index contributed by atoms with van der Waals surface area (Å²) in [5, 5.41) is 8.76. The lowest BCUT2D eigenvalue weighted by Gasteiger charge is -2.27. The second-order valence-corrected chi connectivity index (χ2v) is 10.3. The third-order valence-corrected chi connectivity index (χ3v) is 8.50. The first kappa shape index (κ1) is 22.2. The van der Waals surface area contributed by atoms with Crippen LogP contribution in [0.3, 0.4) is 0 Å². The van der Waals surface area contributed by atoms with Crippen molar-refractivity contribution < 1.29 is 9.90 Å². The zero-order valence-corrected chi connectivity index (χ0v) is 17.3. The molecule has 1 rings (SSSR count). The van der Waals surface area contributed by atoms with Crippen LogP contribution in [-0.4, -0.2) is 21.6 Å². The molecule has 0 bridgehead atoms. The van der Waals surface area contributed by atoms with E-state index < -0.39 is 5.97 Å². The molecule has 0 aromatic rings. The van der Waals surface area contributed by atoms with Gasteiger partial charge in [-0.05, 0) is 25.7 Å². The lowest BCUT2D eigenvalue weighted by molar-refractivity contribution is -0.137. The molecule has 0 saturated carbocycles. The average molecular weight is 375 g/mol. The van der Waals surface area contributed by atoms with Crippen molar-refractivity contribution in [3.8, 4) is 0 Å². The summed E-state index contributed by atoms with van der Waals surface area (Å²) in [5.74, 6) is 0.633. The molecule has 0 aliphatic carbocycles. The van der Waals surface area contributed by atoms with Crippen molar-refractivity contribution in [3.63, 3.8) is 0 Å². The van der Waals surface area contributed by atoms with E-state index in [0.717, 1.165) is 12.8 Å². The van der Waals surface area contributed by atoms with Crippen LogP contribution in [0.15, 0.2) is 0 Å². The van der Waals surface area contributed by atoms with Gasteiger partial charge in [0.15, 0.2) is 0 Å². The van der Waals surface area contributed by atoms with E-state index in [9.17, 15) is 4.79 Å². The number of carbonyl (C=O) groups is 1. The minimum atomic E-state index is -0.646. The highest BCUT2D eigenvalue weighted by Crippen LogP contribution is 2.52. The van der Waals surface area contributed by atoms with E-state index in [1.165, 1.54) is 89.2 Å². The van der Waals surface area contributed by atoms with E-state index in [1.807, 2.05) is 10.8 Å². The van der Waals surface area contributed by atoms with E-state index in [-0.39, 0.29) is 0 Å². The first-order chi connectivity index (χ1) is 11.7. The minimum Gasteiger partial charge on any atom is -0.481 e. The van der Waals surface area contributed by atoms with Crippen LogP contribution in [0.5, 0.6) is 0 Å². The third kappa shape index (κ3) is 10.9. The van der Waals surface area contributed by atoms with Crippen molar-refractivity contribution in [2.45, 2.75) is 114 Å². The van der Waals surface area contributed by atoms with Crippen LogP contribution in [0.2, 0.25) is 0 Å². The smallest absolute Gasteiger partial charge is 0.303 e. The van der Waals surface area contributed by atoms with E-state index in [2.05, 4.69) is 17.7 Å². The molecule has 1 heterocycles. The second-order valence-electron chi connectivity index (χ2n) is 7.37. The molecule has 142 valence electrons. The topological polar surface area (TPSA) is 37.3 Å². The number of aliphatic carboxylic acids is 1. The minimum absolute atomic E-state index is 0.339. The summed E-state index contributed by atoms with van der Waals surface area (Å²) in [4.78, 5) is 10.6. The van der Waals surface area contributed by atoms with E-state index in [0.29, 0.717) is 11.2 Å². The molecule has 1 atom stereocenters. The molecule has 4 heteroatoms.